The quantitative estimate of drug-likeness (QED) is 0.655. The first-order valence-electron chi connectivity index (χ1n) is 4.83. The van der Waals surface area contributed by atoms with Crippen molar-refractivity contribution in [2.75, 3.05) is 20.0 Å². The molecule has 0 aliphatic carbocycles. The predicted molar refractivity (Wildman–Crippen MR) is 65.2 cm³/mol. The summed E-state index contributed by atoms with van der Waals surface area (Å²) in [6, 6.07) is 3.31. The summed E-state index contributed by atoms with van der Waals surface area (Å²) in [5, 5.41) is 0.258. The van der Waals surface area contributed by atoms with E-state index >= 15 is 0 Å². The summed E-state index contributed by atoms with van der Waals surface area (Å²) in [5.74, 6) is 0. The van der Waals surface area contributed by atoms with Gasteiger partial charge in [-0.25, -0.2) is 0 Å². The minimum atomic E-state index is -3.44. The van der Waals surface area contributed by atoms with Crippen LogP contribution in [0.25, 0.3) is 11.0 Å². The van der Waals surface area contributed by atoms with Crippen molar-refractivity contribution in [1.29, 1.82) is 0 Å². The Labute approximate surface area is 98.3 Å². The first-order chi connectivity index (χ1) is 8.12. The van der Waals surface area contributed by atoms with Crippen LogP contribution in [0.4, 0.5) is 5.69 Å². The van der Waals surface area contributed by atoms with Gasteiger partial charge >= 0.3 is 7.60 Å². The van der Waals surface area contributed by atoms with Crippen LogP contribution in [0.2, 0.25) is 0 Å². The number of fused-ring (bicyclic) bond motifs is 1. The van der Waals surface area contributed by atoms with Crippen LogP contribution < -0.4 is 11.0 Å². The zero-order valence-corrected chi connectivity index (χ0v) is 10.3. The Morgan fingerprint density at radius 3 is 2.47 bits per heavy atom. The lowest BCUT2D eigenvalue weighted by Gasteiger charge is -2.16. The van der Waals surface area contributed by atoms with Crippen LogP contribution in [0, 0.1) is 0 Å². The smallest absolute Gasteiger partial charge is 0.365 e. The molecule has 0 atom stereocenters. The molecule has 1 aromatic carbocycles. The highest BCUT2D eigenvalue weighted by Crippen LogP contribution is 2.48. The first kappa shape index (κ1) is 12.0. The number of nitrogens with zero attached hydrogens (tertiary/aromatic N) is 2. The number of hydrogen-bond acceptors (Lipinski definition) is 6. The van der Waals surface area contributed by atoms with Gasteiger partial charge in [0.25, 0.3) is 0 Å². The number of hydrogen-bond donors (Lipinski definition) is 1. The van der Waals surface area contributed by atoms with Gasteiger partial charge in [0, 0.05) is 32.3 Å². The van der Waals surface area contributed by atoms with Gasteiger partial charge in [0.15, 0.2) is 0 Å². The third-order valence-electron chi connectivity index (χ3n) is 2.40. The van der Waals surface area contributed by atoms with E-state index in [2.05, 4.69) is 9.97 Å². The van der Waals surface area contributed by atoms with E-state index in [0.717, 1.165) is 0 Å². The van der Waals surface area contributed by atoms with Gasteiger partial charge in [0.05, 0.1) is 5.52 Å². The number of nitrogens with two attached hydrogens (primary N) is 1. The van der Waals surface area contributed by atoms with E-state index in [4.69, 9.17) is 14.8 Å². The Hall–Kier alpha value is -1.49. The molecule has 90 valence electrons. The standard InChI is InChI=1S/C10H12N3O3P/c1-15-17(14,16-2)10-7(11)3-4-8-9(10)13-6-5-12-8/h3-6H,11H2,1-2H3. The summed E-state index contributed by atoms with van der Waals surface area (Å²) >= 11 is 0. The molecule has 2 rings (SSSR count). The van der Waals surface area contributed by atoms with Crippen LogP contribution in [-0.4, -0.2) is 24.2 Å². The number of rotatable bonds is 3. The van der Waals surface area contributed by atoms with Crippen LogP contribution in [-0.2, 0) is 13.6 Å². The summed E-state index contributed by atoms with van der Waals surface area (Å²) in [4.78, 5) is 8.24. The third kappa shape index (κ3) is 1.91. The largest absolute Gasteiger partial charge is 0.398 e. The van der Waals surface area contributed by atoms with Crippen molar-refractivity contribution in [3.8, 4) is 0 Å². The highest BCUT2D eigenvalue weighted by Gasteiger charge is 2.30. The lowest BCUT2D eigenvalue weighted by atomic mass is 10.2. The van der Waals surface area contributed by atoms with Crippen LogP contribution in [0.15, 0.2) is 24.5 Å². The fourth-order valence-corrected chi connectivity index (χ4v) is 2.92. The summed E-state index contributed by atoms with van der Waals surface area (Å²) in [6.45, 7) is 0. The molecule has 0 fully saturated rings. The monoisotopic (exact) mass is 253 g/mol. The SMILES string of the molecule is COP(=O)(OC)c1c(N)ccc2nccnc12. The normalized spacial score (nSPS) is 11.9. The topological polar surface area (TPSA) is 87.3 Å². The second-order valence-corrected chi connectivity index (χ2v) is 5.46. The highest BCUT2D eigenvalue weighted by molar-refractivity contribution is 7.63. The lowest BCUT2D eigenvalue weighted by Crippen LogP contribution is -2.15. The molecule has 7 heteroatoms. The molecule has 0 aliphatic heterocycles. The van der Waals surface area contributed by atoms with Crippen LogP contribution in [0.3, 0.4) is 0 Å². The summed E-state index contributed by atoms with van der Waals surface area (Å²) < 4.78 is 22.3. The molecule has 17 heavy (non-hydrogen) atoms. The molecule has 0 bridgehead atoms. The molecule has 1 aromatic heterocycles. The Morgan fingerprint density at radius 1 is 1.18 bits per heavy atom. The second-order valence-electron chi connectivity index (χ2n) is 3.29. The molecule has 6 nitrogen and oxygen atoms in total. The predicted octanol–water partition coefficient (Wildman–Crippen LogP) is 1.32. The zero-order chi connectivity index (χ0) is 12.5. The maximum atomic E-state index is 12.4. The number of anilines is 1. The molecule has 0 saturated heterocycles. The number of benzene rings is 1. The van der Waals surface area contributed by atoms with Crippen LogP contribution >= 0.6 is 7.60 Å². The molecule has 0 unspecified atom stereocenters. The van der Waals surface area contributed by atoms with E-state index in [-0.39, 0.29) is 5.30 Å². The molecule has 2 N–H and O–H groups in total. The maximum Gasteiger partial charge on any atom is 0.365 e. The Morgan fingerprint density at radius 2 is 1.82 bits per heavy atom. The minimum absolute atomic E-state index is 0.258. The average Bonchev–Trinajstić information content (AvgIpc) is 2.38. The lowest BCUT2D eigenvalue weighted by molar-refractivity contribution is 0.287. The van der Waals surface area contributed by atoms with E-state index in [1.54, 1.807) is 18.3 Å². The first-order valence-corrected chi connectivity index (χ1v) is 6.38. The summed E-state index contributed by atoms with van der Waals surface area (Å²) in [6.07, 6.45) is 3.05. The molecule has 1 heterocycles. The zero-order valence-electron chi connectivity index (χ0n) is 9.45. The van der Waals surface area contributed by atoms with Crippen LogP contribution in [0.5, 0.6) is 0 Å². The minimum Gasteiger partial charge on any atom is -0.398 e. The molecule has 0 aliphatic rings. The maximum absolute atomic E-state index is 12.4. The summed E-state index contributed by atoms with van der Waals surface area (Å²) in [5.41, 5.74) is 7.15. The Balaban J connectivity index is 2.84. The Bertz CT molecular complexity index is 594. The number of aromatic nitrogens is 2. The van der Waals surface area contributed by atoms with Crippen molar-refractivity contribution in [2.24, 2.45) is 0 Å². The van der Waals surface area contributed by atoms with Gasteiger partial charge in [-0.05, 0) is 12.1 Å². The fourth-order valence-electron chi connectivity index (χ4n) is 1.58. The van der Waals surface area contributed by atoms with Crippen molar-refractivity contribution < 1.29 is 13.6 Å². The molecule has 0 amide bonds. The van der Waals surface area contributed by atoms with E-state index < -0.39 is 7.60 Å². The van der Waals surface area contributed by atoms with Crippen molar-refractivity contribution in [1.82, 2.24) is 9.97 Å². The van der Waals surface area contributed by atoms with Crippen molar-refractivity contribution in [3.63, 3.8) is 0 Å². The highest BCUT2D eigenvalue weighted by atomic mass is 31.2. The molecule has 0 saturated carbocycles. The van der Waals surface area contributed by atoms with Gasteiger partial charge in [-0.2, -0.15) is 0 Å². The van der Waals surface area contributed by atoms with Crippen molar-refractivity contribution >= 4 is 29.6 Å². The van der Waals surface area contributed by atoms with Gasteiger partial charge in [0.2, 0.25) is 0 Å². The van der Waals surface area contributed by atoms with Gasteiger partial charge < -0.3 is 14.8 Å². The summed E-state index contributed by atoms with van der Waals surface area (Å²) in [7, 11) is -0.835. The molecule has 0 spiro atoms. The fraction of sp³-hybridized carbons (Fsp3) is 0.200. The van der Waals surface area contributed by atoms with E-state index in [9.17, 15) is 4.57 Å². The van der Waals surface area contributed by atoms with Gasteiger partial charge in [-0.15, -0.1) is 0 Å². The Kier molecular flexibility index (Phi) is 3.11. The molecular weight excluding hydrogens is 241 g/mol. The van der Waals surface area contributed by atoms with E-state index in [0.29, 0.717) is 16.7 Å². The van der Waals surface area contributed by atoms with Crippen molar-refractivity contribution in [2.45, 2.75) is 0 Å². The second kappa shape index (κ2) is 4.41. The van der Waals surface area contributed by atoms with Gasteiger partial charge in [0.1, 0.15) is 10.8 Å². The van der Waals surface area contributed by atoms with Crippen LogP contribution in [0.1, 0.15) is 0 Å². The third-order valence-corrected chi connectivity index (χ3v) is 4.38. The van der Waals surface area contributed by atoms with Gasteiger partial charge in [-0.3, -0.25) is 14.5 Å². The van der Waals surface area contributed by atoms with E-state index in [1.165, 1.54) is 20.4 Å². The molecular formula is C10H12N3O3P. The molecule has 2 aromatic rings. The number of nitrogen functional groups attached to an aromatic ring is 1. The molecule has 0 radical (unpaired) electrons. The average molecular weight is 253 g/mol. The van der Waals surface area contributed by atoms with Crippen molar-refractivity contribution in [3.05, 3.63) is 24.5 Å². The van der Waals surface area contributed by atoms with E-state index in [1.807, 2.05) is 0 Å². The van der Waals surface area contributed by atoms with Gasteiger partial charge in [-0.1, -0.05) is 0 Å².